The molecule has 0 bridgehead atoms. The summed E-state index contributed by atoms with van der Waals surface area (Å²) in [6, 6.07) is 7.46. The minimum Gasteiger partial charge on any atom is -0.484 e. The molecule has 2 aromatic carbocycles. The molecule has 1 amide bonds. The number of rotatable bonds is 7. The summed E-state index contributed by atoms with van der Waals surface area (Å²) < 4.78 is 69.0. The summed E-state index contributed by atoms with van der Waals surface area (Å²) in [6.45, 7) is 0.199. The van der Waals surface area contributed by atoms with E-state index in [-0.39, 0.29) is 28.7 Å². The first-order chi connectivity index (χ1) is 14.0. The van der Waals surface area contributed by atoms with Gasteiger partial charge in [0.15, 0.2) is 6.61 Å². The van der Waals surface area contributed by atoms with E-state index in [2.05, 4.69) is 5.32 Å². The second kappa shape index (κ2) is 8.41. The normalized spacial score (nSPS) is 16.1. The number of hydrogen-bond acceptors (Lipinski definition) is 2. The molecule has 9 heteroatoms. The van der Waals surface area contributed by atoms with E-state index in [1.165, 1.54) is 18.2 Å². The molecule has 1 saturated carbocycles. The molecule has 0 aromatic heterocycles. The Balaban J connectivity index is 1.69. The molecule has 1 aliphatic rings. The third-order valence-corrected chi connectivity index (χ3v) is 5.16. The van der Waals surface area contributed by atoms with Crippen LogP contribution in [0.5, 0.6) is 5.75 Å². The maximum Gasteiger partial charge on any atom is 0.422 e. The van der Waals surface area contributed by atoms with Crippen molar-refractivity contribution in [2.24, 2.45) is 0 Å². The highest BCUT2D eigenvalue weighted by Gasteiger charge is 2.46. The van der Waals surface area contributed by atoms with Crippen molar-refractivity contribution in [2.75, 3.05) is 6.61 Å². The number of carbonyl (C=O) groups excluding carboxylic acids is 1. The molecule has 1 unspecified atom stereocenters. The number of carbonyl (C=O) groups is 1. The van der Waals surface area contributed by atoms with Crippen LogP contribution < -0.4 is 10.1 Å². The lowest BCUT2D eigenvalue weighted by atomic mass is 9.96. The number of hydrogen-bond donors (Lipinski definition) is 1. The zero-order valence-corrected chi connectivity index (χ0v) is 16.7. The molecule has 0 spiro atoms. The number of alkyl halides is 3. The van der Waals surface area contributed by atoms with Gasteiger partial charge in [-0.2, -0.15) is 13.2 Å². The molecule has 0 aliphatic heterocycles. The van der Waals surface area contributed by atoms with Crippen molar-refractivity contribution in [1.82, 2.24) is 5.32 Å². The summed E-state index contributed by atoms with van der Waals surface area (Å²) in [5, 5.41) is 3.06. The van der Waals surface area contributed by atoms with Gasteiger partial charge in [0, 0.05) is 17.5 Å². The maximum atomic E-state index is 13.9. The van der Waals surface area contributed by atoms with Gasteiger partial charge in [-0.25, -0.2) is 8.78 Å². The molecule has 1 atom stereocenters. The zero-order valence-electron chi connectivity index (χ0n) is 16.0. The quantitative estimate of drug-likeness (QED) is 0.540. The summed E-state index contributed by atoms with van der Waals surface area (Å²) in [5.41, 5.74) is 0.0162. The van der Waals surface area contributed by atoms with Gasteiger partial charge in [0.1, 0.15) is 17.4 Å². The highest BCUT2D eigenvalue weighted by molar-refractivity contribution is 6.30. The van der Waals surface area contributed by atoms with E-state index >= 15 is 0 Å². The minimum absolute atomic E-state index is 0.0394. The SMILES string of the molecule is CC(CC(=O)NC1(c2cc(Cl)cc(OCC(F)(F)F)c2)CC1)c1ccc(F)cc1F. The molecule has 1 N–H and O–H groups in total. The molecule has 3 nitrogen and oxygen atoms in total. The predicted molar refractivity (Wildman–Crippen MR) is 101 cm³/mol. The van der Waals surface area contributed by atoms with Gasteiger partial charge in [-0.3, -0.25) is 4.79 Å². The number of nitrogens with one attached hydrogen (secondary N) is 1. The van der Waals surface area contributed by atoms with E-state index in [4.69, 9.17) is 16.3 Å². The van der Waals surface area contributed by atoms with Gasteiger partial charge in [-0.05, 0) is 54.2 Å². The molecule has 1 aliphatic carbocycles. The number of amides is 1. The third kappa shape index (κ3) is 5.62. The highest BCUT2D eigenvalue weighted by atomic mass is 35.5. The number of benzene rings is 2. The van der Waals surface area contributed by atoms with Gasteiger partial charge in [0.25, 0.3) is 0 Å². The third-order valence-electron chi connectivity index (χ3n) is 4.94. The highest BCUT2D eigenvalue weighted by Crippen LogP contribution is 2.47. The summed E-state index contributed by atoms with van der Waals surface area (Å²) in [6.07, 6.45) is -3.36. The van der Waals surface area contributed by atoms with E-state index in [1.807, 2.05) is 0 Å². The van der Waals surface area contributed by atoms with E-state index in [0.717, 1.165) is 12.1 Å². The summed E-state index contributed by atoms with van der Waals surface area (Å²) in [5.74, 6) is -2.32. The zero-order chi connectivity index (χ0) is 22.1. The van der Waals surface area contributed by atoms with Crippen LogP contribution in [0.1, 0.15) is 43.2 Å². The fraction of sp³-hybridized carbons (Fsp3) is 0.381. The fourth-order valence-electron chi connectivity index (χ4n) is 3.31. The lowest BCUT2D eigenvalue weighted by Crippen LogP contribution is -2.35. The number of ether oxygens (including phenoxy) is 1. The Kier molecular flexibility index (Phi) is 6.26. The second-order valence-corrected chi connectivity index (χ2v) is 7.92. The first kappa shape index (κ1) is 22.3. The molecule has 1 fully saturated rings. The molecular weight excluding hydrogens is 429 g/mol. The second-order valence-electron chi connectivity index (χ2n) is 7.48. The van der Waals surface area contributed by atoms with Crippen molar-refractivity contribution >= 4 is 17.5 Å². The molecule has 30 heavy (non-hydrogen) atoms. The fourth-order valence-corrected chi connectivity index (χ4v) is 3.53. The Morgan fingerprint density at radius 2 is 1.90 bits per heavy atom. The maximum absolute atomic E-state index is 13.9. The van der Waals surface area contributed by atoms with Crippen LogP contribution in [0.15, 0.2) is 36.4 Å². The minimum atomic E-state index is -4.49. The predicted octanol–water partition coefficient (Wildman–Crippen LogP) is 5.86. The van der Waals surface area contributed by atoms with Gasteiger partial charge < -0.3 is 10.1 Å². The monoisotopic (exact) mass is 447 g/mol. The van der Waals surface area contributed by atoms with Crippen LogP contribution in [0.3, 0.4) is 0 Å². The Hall–Kier alpha value is -2.35. The van der Waals surface area contributed by atoms with Crippen LogP contribution in [0, 0.1) is 11.6 Å². The first-order valence-corrected chi connectivity index (χ1v) is 9.62. The lowest BCUT2D eigenvalue weighted by Gasteiger charge is -2.21. The molecule has 3 rings (SSSR count). The van der Waals surface area contributed by atoms with Crippen LogP contribution in [0.25, 0.3) is 0 Å². The molecular formula is C21H19ClF5NO2. The molecule has 0 heterocycles. The number of halogens is 6. The van der Waals surface area contributed by atoms with E-state index in [1.54, 1.807) is 13.0 Å². The van der Waals surface area contributed by atoms with Crippen LogP contribution in [-0.4, -0.2) is 18.7 Å². The average molecular weight is 448 g/mol. The van der Waals surface area contributed by atoms with Gasteiger partial charge in [-0.15, -0.1) is 0 Å². The first-order valence-electron chi connectivity index (χ1n) is 9.24. The van der Waals surface area contributed by atoms with Crippen molar-refractivity contribution in [3.8, 4) is 5.75 Å². The van der Waals surface area contributed by atoms with Gasteiger partial charge in [0.05, 0.1) is 5.54 Å². The summed E-state index contributed by atoms with van der Waals surface area (Å²) in [7, 11) is 0. The smallest absolute Gasteiger partial charge is 0.422 e. The largest absolute Gasteiger partial charge is 0.484 e. The Labute approximate surface area is 175 Å². The Bertz CT molecular complexity index is 943. The van der Waals surface area contributed by atoms with Crippen molar-refractivity contribution in [1.29, 1.82) is 0 Å². The Morgan fingerprint density at radius 3 is 2.50 bits per heavy atom. The van der Waals surface area contributed by atoms with Crippen LogP contribution in [-0.2, 0) is 10.3 Å². The van der Waals surface area contributed by atoms with Gasteiger partial charge in [0.2, 0.25) is 5.91 Å². The lowest BCUT2D eigenvalue weighted by molar-refractivity contribution is -0.153. The van der Waals surface area contributed by atoms with Crippen molar-refractivity contribution < 1.29 is 31.5 Å². The van der Waals surface area contributed by atoms with E-state index < -0.39 is 35.9 Å². The summed E-state index contributed by atoms with van der Waals surface area (Å²) >= 11 is 6.02. The van der Waals surface area contributed by atoms with E-state index in [9.17, 15) is 26.7 Å². The van der Waals surface area contributed by atoms with Crippen molar-refractivity contribution in [3.05, 3.63) is 64.2 Å². The van der Waals surface area contributed by atoms with Crippen molar-refractivity contribution in [3.63, 3.8) is 0 Å². The van der Waals surface area contributed by atoms with Gasteiger partial charge in [-0.1, -0.05) is 24.6 Å². The molecule has 0 radical (unpaired) electrons. The Morgan fingerprint density at radius 1 is 1.20 bits per heavy atom. The average Bonchev–Trinajstić information content (AvgIpc) is 3.39. The van der Waals surface area contributed by atoms with Gasteiger partial charge >= 0.3 is 6.18 Å². The summed E-state index contributed by atoms with van der Waals surface area (Å²) in [4.78, 5) is 12.5. The topological polar surface area (TPSA) is 38.3 Å². The van der Waals surface area contributed by atoms with Crippen LogP contribution >= 0.6 is 11.6 Å². The van der Waals surface area contributed by atoms with Crippen molar-refractivity contribution in [2.45, 2.75) is 43.8 Å². The molecule has 162 valence electrons. The van der Waals surface area contributed by atoms with Crippen LogP contribution in [0.4, 0.5) is 22.0 Å². The van der Waals surface area contributed by atoms with Crippen LogP contribution in [0.2, 0.25) is 5.02 Å². The molecule has 2 aromatic rings. The standard InChI is InChI=1S/C21H19ClF5NO2/c1-12(17-3-2-15(23)10-18(17)24)6-19(29)28-20(4-5-20)13-7-14(22)9-16(8-13)30-11-21(25,26)27/h2-3,7-10,12H,4-6,11H2,1H3,(H,28,29). The molecule has 0 saturated heterocycles. The van der Waals surface area contributed by atoms with E-state index in [0.29, 0.717) is 18.4 Å².